The molecule has 0 aliphatic rings. The van der Waals surface area contributed by atoms with Gasteiger partial charge in [0.25, 0.3) is 0 Å². The zero-order valence-corrected chi connectivity index (χ0v) is 11.3. The third-order valence-corrected chi connectivity index (χ3v) is 3.74. The Morgan fingerprint density at radius 2 is 2.21 bits per heavy atom. The predicted octanol–water partition coefficient (Wildman–Crippen LogP) is 1.43. The number of nitrogens with one attached hydrogen (secondary N) is 1. The summed E-state index contributed by atoms with van der Waals surface area (Å²) in [7, 11) is -3.59. The summed E-state index contributed by atoms with van der Waals surface area (Å²) in [6.07, 6.45) is 2.47. The first-order valence-electron chi connectivity index (χ1n) is 5.78. The largest absolute Gasteiger partial charge is 0.380 e. The molecular formula is C13H16N2O3S. The lowest BCUT2D eigenvalue weighted by Crippen LogP contribution is -2.27. The number of hydrogen-bond donors (Lipinski definition) is 1. The lowest BCUT2D eigenvalue weighted by atomic mass is 10.2. The summed E-state index contributed by atoms with van der Waals surface area (Å²) in [4.78, 5) is 0.0811. The lowest BCUT2D eigenvalue weighted by molar-refractivity contribution is 0.144. The van der Waals surface area contributed by atoms with Gasteiger partial charge >= 0.3 is 0 Å². The third kappa shape index (κ3) is 5.22. The maximum Gasteiger partial charge on any atom is 0.240 e. The van der Waals surface area contributed by atoms with Crippen LogP contribution in [0.5, 0.6) is 0 Å². The van der Waals surface area contributed by atoms with E-state index >= 15 is 0 Å². The van der Waals surface area contributed by atoms with Gasteiger partial charge in [0.05, 0.1) is 29.7 Å². The van der Waals surface area contributed by atoms with E-state index in [0.29, 0.717) is 18.8 Å². The predicted molar refractivity (Wildman–Crippen MR) is 72.0 cm³/mol. The van der Waals surface area contributed by atoms with Crippen molar-refractivity contribution in [2.24, 2.45) is 0 Å². The van der Waals surface area contributed by atoms with Gasteiger partial charge in [-0.3, -0.25) is 0 Å². The van der Waals surface area contributed by atoms with Crippen LogP contribution < -0.4 is 4.72 Å². The van der Waals surface area contributed by atoms with Crippen LogP contribution >= 0.6 is 0 Å². The van der Waals surface area contributed by atoms with Crippen molar-refractivity contribution in [3.8, 4) is 6.07 Å². The number of nitrogens with zero attached hydrogens (tertiary/aromatic N) is 1. The van der Waals surface area contributed by atoms with Crippen LogP contribution in [0.4, 0.5) is 0 Å². The number of rotatable bonds is 8. The van der Waals surface area contributed by atoms with Crippen LogP contribution in [0.1, 0.15) is 12.0 Å². The molecule has 1 rings (SSSR count). The van der Waals surface area contributed by atoms with Crippen molar-refractivity contribution in [2.45, 2.75) is 11.3 Å². The van der Waals surface area contributed by atoms with Crippen LogP contribution in [0.2, 0.25) is 0 Å². The molecule has 102 valence electrons. The van der Waals surface area contributed by atoms with E-state index < -0.39 is 10.0 Å². The minimum atomic E-state index is -3.59. The summed E-state index contributed by atoms with van der Waals surface area (Å²) >= 11 is 0. The van der Waals surface area contributed by atoms with Gasteiger partial charge in [0.15, 0.2) is 0 Å². The molecule has 0 unspecified atom stereocenters. The van der Waals surface area contributed by atoms with Gasteiger partial charge in [-0.05, 0) is 24.6 Å². The van der Waals surface area contributed by atoms with Gasteiger partial charge in [-0.2, -0.15) is 5.26 Å². The number of hydrogen-bond acceptors (Lipinski definition) is 4. The zero-order chi connectivity index (χ0) is 14.1. The molecule has 0 aliphatic heterocycles. The Kier molecular flexibility index (Phi) is 6.22. The Labute approximate surface area is 113 Å². The van der Waals surface area contributed by atoms with E-state index in [-0.39, 0.29) is 11.4 Å². The molecule has 1 aromatic rings. The van der Waals surface area contributed by atoms with Crippen molar-refractivity contribution in [3.05, 3.63) is 42.5 Å². The Morgan fingerprint density at radius 3 is 2.89 bits per heavy atom. The monoisotopic (exact) mass is 280 g/mol. The Morgan fingerprint density at radius 1 is 1.42 bits per heavy atom. The van der Waals surface area contributed by atoms with E-state index in [0.717, 1.165) is 6.42 Å². The SMILES string of the molecule is C=CCCOCCNS(=O)(=O)c1cccc(C#N)c1. The fourth-order valence-electron chi connectivity index (χ4n) is 1.33. The van der Waals surface area contributed by atoms with Gasteiger partial charge in [0.1, 0.15) is 0 Å². The molecule has 19 heavy (non-hydrogen) atoms. The highest BCUT2D eigenvalue weighted by atomic mass is 32.2. The van der Waals surface area contributed by atoms with Crippen LogP contribution in [0, 0.1) is 11.3 Å². The minimum Gasteiger partial charge on any atom is -0.380 e. The fourth-order valence-corrected chi connectivity index (χ4v) is 2.39. The number of benzene rings is 1. The lowest BCUT2D eigenvalue weighted by Gasteiger charge is -2.07. The van der Waals surface area contributed by atoms with Gasteiger partial charge in [-0.1, -0.05) is 12.1 Å². The van der Waals surface area contributed by atoms with Gasteiger partial charge in [0, 0.05) is 6.54 Å². The molecule has 5 nitrogen and oxygen atoms in total. The van der Waals surface area contributed by atoms with Crippen molar-refractivity contribution in [3.63, 3.8) is 0 Å². The molecular weight excluding hydrogens is 264 g/mol. The van der Waals surface area contributed by atoms with Crippen LogP contribution in [-0.4, -0.2) is 28.2 Å². The highest BCUT2D eigenvalue weighted by Crippen LogP contribution is 2.10. The quantitative estimate of drug-likeness (QED) is 0.577. The van der Waals surface area contributed by atoms with E-state index in [1.165, 1.54) is 18.2 Å². The molecule has 0 fully saturated rings. The van der Waals surface area contributed by atoms with Gasteiger partial charge in [-0.15, -0.1) is 6.58 Å². The van der Waals surface area contributed by atoms with Gasteiger partial charge < -0.3 is 4.74 Å². The average molecular weight is 280 g/mol. The Balaban J connectivity index is 2.51. The second kappa shape index (κ2) is 7.69. The Bertz CT molecular complexity index is 561. The summed E-state index contributed by atoms with van der Waals surface area (Å²) in [5.74, 6) is 0. The first kappa shape index (κ1) is 15.4. The van der Waals surface area contributed by atoms with Crippen LogP contribution in [0.25, 0.3) is 0 Å². The molecule has 6 heteroatoms. The highest BCUT2D eigenvalue weighted by molar-refractivity contribution is 7.89. The molecule has 1 aromatic carbocycles. The fraction of sp³-hybridized carbons (Fsp3) is 0.308. The topological polar surface area (TPSA) is 79.2 Å². The molecule has 0 spiro atoms. The summed E-state index contributed by atoms with van der Waals surface area (Å²) in [5.41, 5.74) is 0.310. The minimum absolute atomic E-state index is 0.0811. The molecule has 0 radical (unpaired) electrons. The summed E-state index contributed by atoms with van der Waals surface area (Å²) in [6.45, 7) is 4.57. The highest BCUT2D eigenvalue weighted by Gasteiger charge is 2.13. The molecule has 0 atom stereocenters. The van der Waals surface area contributed by atoms with Gasteiger partial charge in [0.2, 0.25) is 10.0 Å². The number of sulfonamides is 1. The molecule has 1 N–H and O–H groups in total. The zero-order valence-electron chi connectivity index (χ0n) is 10.5. The molecule has 0 saturated heterocycles. The van der Waals surface area contributed by atoms with Crippen LogP contribution in [0.15, 0.2) is 41.8 Å². The van der Waals surface area contributed by atoms with E-state index in [2.05, 4.69) is 11.3 Å². The molecule has 0 bridgehead atoms. The van der Waals surface area contributed by atoms with Crippen molar-refractivity contribution < 1.29 is 13.2 Å². The second-order valence-corrected chi connectivity index (χ2v) is 5.49. The molecule has 0 aliphatic carbocycles. The summed E-state index contributed by atoms with van der Waals surface area (Å²) in [6, 6.07) is 7.77. The molecule has 0 heterocycles. The molecule has 0 saturated carbocycles. The summed E-state index contributed by atoms with van der Waals surface area (Å²) < 4.78 is 31.4. The van der Waals surface area contributed by atoms with Crippen LogP contribution in [-0.2, 0) is 14.8 Å². The van der Waals surface area contributed by atoms with Gasteiger partial charge in [-0.25, -0.2) is 13.1 Å². The Hall–Kier alpha value is -1.68. The average Bonchev–Trinajstić information content (AvgIpc) is 2.43. The number of ether oxygens (including phenoxy) is 1. The summed E-state index contributed by atoms with van der Waals surface area (Å²) in [5, 5.41) is 8.73. The normalized spacial score (nSPS) is 10.9. The first-order chi connectivity index (χ1) is 9.10. The van der Waals surface area contributed by atoms with E-state index in [4.69, 9.17) is 10.00 Å². The van der Waals surface area contributed by atoms with Crippen molar-refractivity contribution in [1.82, 2.24) is 4.72 Å². The molecule has 0 amide bonds. The van der Waals surface area contributed by atoms with Crippen molar-refractivity contribution in [1.29, 1.82) is 5.26 Å². The van der Waals surface area contributed by atoms with Crippen LogP contribution in [0.3, 0.4) is 0 Å². The standard InChI is InChI=1S/C13H16N2O3S/c1-2-3-8-18-9-7-15-19(16,17)13-6-4-5-12(10-13)11-14/h2,4-6,10,15H,1,3,7-9H2. The maximum atomic E-state index is 11.9. The van der Waals surface area contributed by atoms with E-state index in [1.807, 2.05) is 6.07 Å². The first-order valence-corrected chi connectivity index (χ1v) is 7.27. The third-order valence-electron chi connectivity index (χ3n) is 2.28. The number of nitriles is 1. The van der Waals surface area contributed by atoms with Crippen molar-refractivity contribution in [2.75, 3.05) is 19.8 Å². The van der Waals surface area contributed by atoms with E-state index in [1.54, 1.807) is 12.1 Å². The molecule has 0 aromatic heterocycles. The second-order valence-electron chi connectivity index (χ2n) is 3.73. The maximum absolute atomic E-state index is 11.9. The van der Waals surface area contributed by atoms with Crippen molar-refractivity contribution >= 4 is 10.0 Å². The van der Waals surface area contributed by atoms with E-state index in [9.17, 15) is 8.42 Å². The smallest absolute Gasteiger partial charge is 0.240 e.